The molecule has 0 aliphatic carbocycles. The summed E-state index contributed by atoms with van der Waals surface area (Å²) in [6, 6.07) is 8.51. The van der Waals surface area contributed by atoms with Gasteiger partial charge in [0.25, 0.3) is 11.5 Å². The molecule has 0 bridgehead atoms. The Kier molecular flexibility index (Phi) is 4.42. The first-order valence-electron chi connectivity index (χ1n) is 7.72. The van der Waals surface area contributed by atoms with Crippen LogP contribution in [0.1, 0.15) is 23.2 Å². The van der Waals surface area contributed by atoms with Crippen LogP contribution in [0.3, 0.4) is 0 Å². The molecule has 1 aromatic carbocycles. The first kappa shape index (κ1) is 16.7. The highest BCUT2D eigenvalue weighted by atomic mass is 32.2. The van der Waals surface area contributed by atoms with Gasteiger partial charge < -0.3 is 9.88 Å². The number of aromatic amines is 1. The lowest BCUT2D eigenvalue weighted by Crippen LogP contribution is -2.50. The van der Waals surface area contributed by atoms with E-state index in [0.29, 0.717) is 24.9 Å². The third-order valence-electron chi connectivity index (χ3n) is 4.07. The molecule has 1 amide bonds. The van der Waals surface area contributed by atoms with E-state index in [2.05, 4.69) is 9.71 Å². The summed E-state index contributed by atoms with van der Waals surface area (Å²) in [6.07, 6.45) is 2.46. The third kappa shape index (κ3) is 3.65. The monoisotopic (exact) mass is 349 g/mol. The number of rotatable bonds is 3. The molecule has 3 rings (SSSR count). The van der Waals surface area contributed by atoms with Crippen molar-refractivity contribution in [3.8, 4) is 0 Å². The number of para-hydroxylation sites is 1. The van der Waals surface area contributed by atoms with E-state index in [1.807, 2.05) is 18.2 Å². The Morgan fingerprint density at radius 2 is 2.08 bits per heavy atom. The molecule has 7 nitrogen and oxygen atoms in total. The number of amides is 1. The minimum absolute atomic E-state index is 0.0775. The number of likely N-dealkylation sites (tertiary alicyclic amines) is 1. The number of benzene rings is 1. The Labute approximate surface area is 139 Å². The first-order chi connectivity index (χ1) is 11.3. The summed E-state index contributed by atoms with van der Waals surface area (Å²) in [6.45, 7) is 0.769. The molecular weight excluding hydrogens is 330 g/mol. The molecule has 24 heavy (non-hydrogen) atoms. The Hall–Kier alpha value is -2.19. The van der Waals surface area contributed by atoms with Crippen LogP contribution in [0.4, 0.5) is 0 Å². The Balaban J connectivity index is 1.86. The van der Waals surface area contributed by atoms with Crippen molar-refractivity contribution >= 4 is 26.8 Å². The lowest BCUT2D eigenvalue weighted by atomic mass is 10.1. The molecule has 1 aromatic heterocycles. The van der Waals surface area contributed by atoms with Crippen LogP contribution < -0.4 is 10.3 Å². The first-order valence-corrected chi connectivity index (χ1v) is 9.61. The van der Waals surface area contributed by atoms with Gasteiger partial charge in [0.1, 0.15) is 5.56 Å². The molecule has 128 valence electrons. The smallest absolute Gasteiger partial charge is 0.261 e. The molecule has 2 heterocycles. The van der Waals surface area contributed by atoms with Crippen molar-refractivity contribution in [1.82, 2.24) is 14.6 Å². The Morgan fingerprint density at radius 3 is 2.83 bits per heavy atom. The third-order valence-corrected chi connectivity index (χ3v) is 4.83. The highest BCUT2D eigenvalue weighted by Crippen LogP contribution is 2.15. The van der Waals surface area contributed by atoms with Crippen LogP contribution in [0, 0.1) is 0 Å². The zero-order valence-corrected chi connectivity index (χ0v) is 14.1. The van der Waals surface area contributed by atoms with E-state index in [1.54, 1.807) is 12.1 Å². The molecule has 1 aliphatic rings. The fraction of sp³-hybridized carbons (Fsp3) is 0.375. The van der Waals surface area contributed by atoms with Gasteiger partial charge in [0.2, 0.25) is 10.0 Å². The normalized spacial score (nSPS) is 18.7. The summed E-state index contributed by atoms with van der Waals surface area (Å²) in [5.41, 5.74) is 0.319. The van der Waals surface area contributed by atoms with Crippen molar-refractivity contribution < 1.29 is 13.2 Å². The second-order valence-electron chi connectivity index (χ2n) is 6.08. The van der Waals surface area contributed by atoms with E-state index in [9.17, 15) is 18.0 Å². The molecule has 0 spiro atoms. The van der Waals surface area contributed by atoms with Gasteiger partial charge in [-0.25, -0.2) is 13.1 Å². The molecule has 0 unspecified atom stereocenters. The standard InChI is InChI=1S/C16H19N3O4S/c1-24(22,23)18-12-6-4-8-19(10-12)16(21)13-9-11-5-2-3-7-14(11)17-15(13)20/h2-3,5,7,9,12,18H,4,6,8,10H2,1H3,(H,17,20)/t12-/m0/s1. The van der Waals surface area contributed by atoms with Gasteiger partial charge in [-0.15, -0.1) is 0 Å². The highest BCUT2D eigenvalue weighted by molar-refractivity contribution is 7.88. The average Bonchev–Trinajstić information content (AvgIpc) is 2.52. The van der Waals surface area contributed by atoms with Crippen LogP contribution in [0.5, 0.6) is 0 Å². The quantitative estimate of drug-likeness (QED) is 0.851. The second kappa shape index (κ2) is 6.37. The zero-order chi connectivity index (χ0) is 17.3. The molecule has 8 heteroatoms. The summed E-state index contributed by atoms with van der Waals surface area (Å²) in [5, 5.41) is 0.781. The molecular formula is C16H19N3O4S. The number of sulfonamides is 1. The number of pyridine rings is 1. The summed E-state index contributed by atoms with van der Waals surface area (Å²) in [5.74, 6) is -0.373. The maximum atomic E-state index is 12.7. The number of piperidine rings is 1. The molecule has 1 aliphatic heterocycles. The van der Waals surface area contributed by atoms with Gasteiger partial charge in [-0.05, 0) is 30.4 Å². The van der Waals surface area contributed by atoms with Crippen LogP contribution in [0.2, 0.25) is 0 Å². The van der Waals surface area contributed by atoms with E-state index in [-0.39, 0.29) is 24.1 Å². The lowest BCUT2D eigenvalue weighted by molar-refractivity contribution is 0.0701. The van der Waals surface area contributed by atoms with Gasteiger partial charge in [-0.3, -0.25) is 9.59 Å². The molecule has 1 fully saturated rings. The van der Waals surface area contributed by atoms with Crippen molar-refractivity contribution in [3.63, 3.8) is 0 Å². The topological polar surface area (TPSA) is 99.3 Å². The summed E-state index contributed by atoms with van der Waals surface area (Å²) in [4.78, 5) is 29.2. The Bertz CT molecular complexity index is 936. The molecule has 0 saturated carbocycles. The average molecular weight is 349 g/mol. The van der Waals surface area contributed by atoms with Gasteiger partial charge in [0.05, 0.1) is 6.26 Å². The summed E-state index contributed by atoms with van der Waals surface area (Å²) >= 11 is 0. The van der Waals surface area contributed by atoms with Gasteiger partial charge in [-0.2, -0.15) is 0 Å². The SMILES string of the molecule is CS(=O)(=O)N[C@H]1CCCN(C(=O)c2cc3ccccc3[nH]c2=O)C1. The minimum Gasteiger partial charge on any atom is -0.337 e. The fourth-order valence-electron chi connectivity index (χ4n) is 3.04. The molecule has 1 saturated heterocycles. The van der Waals surface area contributed by atoms with E-state index in [0.717, 1.165) is 11.6 Å². The number of H-pyrrole nitrogens is 1. The molecule has 2 aromatic rings. The van der Waals surface area contributed by atoms with E-state index in [1.165, 1.54) is 4.90 Å². The summed E-state index contributed by atoms with van der Waals surface area (Å²) < 4.78 is 25.3. The van der Waals surface area contributed by atoms with Crippen molar-refractivity contribution in [2.24, 2.45) is 0 Å². The number of nitrogens with zero attached hydrogens (tertiary/aromatic N) is 1. The number of hydrogen-bond acceptors (Lipinski definition) is 4. The van der Waals surface area contributed by atoms with Gasteiger partial charge in [-0.1, -0.05) is 18.2 Å². The van der Waals surface area contributed by atoms with Gasteiger partial charge in [0.15, 0.2) is 0 Å². The van der Waals surface area contributed by atoms with Gasteiger partial charge >= 0.3 is 0 Å². The number of carbonyl (C=O) groups excluding carboxylic acids is 1. The predicted octanol–water partition coefficient (Wildman–Crippen LogP) is 0.682. The van der Waals surface area contributed by atoms with Crippen LogP contribution in [0.25, 0.3) is 10.9 Å². The highest BCUT2D eigenvalue weighted by Gasteiger charge is 2.27. The van der Waals surface area contributed by atoms with E-state index in [4.69, 9.17) is 0 Å². The van der Waals surface area contributed by atoms with Crippen molar-refractivity contribution in [3.05, 3.63) is 46.2 Å². The fourth-order valence-corrected chi connectivity index (χ4v) is 3.84. The number of aromatic nitrogens is 1. The number of nitrogens with one attached hydrogen (secondary N) is 2. The second-order valence-corrected chi connectivity index (χ2v) is 7.86. The number of hydrogen-bond donors (Lipinski definition) is 2. The van der Waals surface area contributed by atoms with Crippen LogP contribution in [0.15, 0.2) is 35.1 Å². The Morgan fingerprint density at radius 1 is 1.33 bits per heavy atom. The molecule has 0 radical (unpaired) electrons. The number of carbonyl (C=O) groups is 1. The minimum atomic E-state index is -3.33. The maximum Gasteiger partial charge on any atom is 0.261 e. The largest absolute Gasteiger partial charge is 0.337 e. The van der Waals surface area contributed by atoms with E-state index < -0.39 is 15.6 Å². The predicted molar refractivity (Wildman–Crippen MR) is 91.5 cm³/mol. The zero-order valence-electron chi connectivity index (χ0n) is 13.3. The van der Waals surface area contributed by atoms with Crippen molar-refractivity contribution in [2.75, 3.05) is 19.3 Å². The van der Waals surface area contributed by atoms with Gasteiger partial charge in [0, 0.05) is 24.6 Å². The van der Waals surface area contributed by atoms with Crippen LogP contribution in [-0.2, 0) is 10.0 Å². The lowest BCUT2D eigenvalue weighted by Gasteiger charge is -2.32. The maximum absolute atomic E-state index is 12.7. The molecule has 1 atom stereocenters. The van der Waals surface area contributed by atoms with Crippen LogP contribution >= 0.6 is 0 Å². The van der Waals surface area contributed by atoms with Crippen molar-refractivity contribution in [2.45, 2.75) is 18.9 Å². The van der Waals surface area contributed by atoms with E-state index >= 15 is 0 Å². The number of fused-ring (bicyclic) bond motifs is 1. The summed E-state index contributed by atoms with van der Waals surface area (Å²) in [7, 11) is -3.33. The molecule has 2 N–H and O–H groups in total. The van der Waals surface area contributed by atoms with Crippen molar-refractivity contribution in [1.29, 1.82) is 0 Å². The van der Waals surface area contributed by atoms with Crippen LogP contribution in [-0.4, -0.2) is 49.6 Å².